The first-order valence-corrected chi connectivity index (χ1v) is 6.64. The summed E-state index contributed by atoms with van der Waals surface area (Å²) in [6.07, 6.45) is 0.911. The van der Waals surface area contributed by atoms with Crippen LogP contribution in [0.1, 0.15) is 31.7 Å². The quantitative estimate of drug-likeness (QED) is 0.847. The third-order valence-electron chi connectivity index (χ3n) is 4.22. The number of aliphatic hydroxyl groups is 1. The number of aryl methyl sites for hydroxylation is 1. The van der Waals surface area contributed by atoms with Gasteiger partial charge >= 0.3 is 0 Å². The van der Waals surface area contributed by atoms with Crippen molar-refractivity contribution in [3.8, 4) is 0 Å². The van der Waals surface area contributed by atoms with Gasteiger partial charge in [0.25, 0.3) is 0 Å². The molecule has 1 aromatic rings. The maximum atomic E-state index is 11.6. The molecule has 1 fully saturated rings. The molecule has 0 heterocycles. The molecule has 0 aromatic heterocycles. The molecule has 3 atom stereocenters. The van der Waals surface area contributed by atoms with Crippen molar-refractivity contribution >= 4 is 5.78 Å². The van der Waals surface area contributed by atoms with Crippen LogP contribution in [-0.2, 0) is 11.2 Å². The molecule has 19 heavy (non-hydrogen) atoms. The number of Topliss-reactive ketones (excluding diaryl/α,β-unsaturated/α-hetero) is 1. The van der Waals surface area contributed by atoms with E-state index >= 15 is 0 Å². The molecule has 1 aromatic carbocycles. The second kappa shape index (κ2) is 5.61. The summed E-state index contributed by atoms with van der Waals surface area (Å²) in [6, 6.07) is 9.93. The topological polar surface area (TPSA) is 66.7 Å². The van der Waals surface area contributed by atoms with Crippen molar-refractivity contribution in [3.63, 3.8) is 0 Å². The molecule has 4 nitrogen and oxygen atoms in total. The highest BCUT2D eigenvalue weighted by atomic mass is 16.3. The lowest BCUT2D eigenvalue weighted by molar-refractivity contribution is -0.128. The molecule has 0 aliphatic heterocycles. The highest BCUT2D eigenvalue weighted by Crippen LogP contribution is 2.38. The van der Waals surface area contributed by atoms with Crippen molar-refractivity contribution in [2.75, 3.05) is 0 Å². The fourth-order valence-electron chi connectivity index (χ4n) is 2.77. The first-order chi connectivity index (χ1) is 9.06. The normalized spacial score (nSPS) is 31.2. The number of benzene rings is 1. The lowest BCUT2D eigenvalue weighted by Crippen LogP contribution is -2.50. The fraction of sp³-hybridized carbons (Fsp3) is 0.533. The van der Waals surface area contributed by atoms with E-state index in [4.69, 9.17) is 0 Å². The van der Waals surface area contributed by atoms with E-state index in [2.05, 4.69) is 5.18 Å². The van der Waals surface area contributed by atoms with Crippen LogP contribution in [0, 0.1) is 10.8 Å². The summed E-state index contributed by atoms with van der Waals surface area (Å²) < 4.78 is 0. The third-order valence-corrected chi connectivity index (χ3v) is 4.22. The van der Waals surface area contributed by atoms with E-state index in [1.54, 1.807) is 6.92 Å². The average Bonchev–Trinajstić information content (AvgIpc) is 2.42. The number of hydrogen-bond donors (Lipinski definition) is 1. The Labute approximate surface area is 112 Å². The number of carbonyl (C=O) groups is 1. The van der Waals surface area contributed by atoms with Crippen LogP contribution in [-0.4, -0.2) is 22.5 Å². The molecule has 1 N–H and O–H groups in total. The van der Waals surface area contributed by atoms with Gasteiger partial charge in [-0.15, -0.1) is 0 Å². The second-order valence-corrected chi connectivity index (χ2v) is 5.50. The van der Waals surface area contributed by atoms with Crippen molar-refractivity contribution in [3.05, 3.63) is 40.8 Å². The largest absolute Gasteiger partial charge is 0.390 e. The van der Waals surface area contributed by atoms with Gasteiger partial charge in [0.1, 0.15) is 11.3 Å². The maximum Gasteiger partial charge on any atom is 0.135 e. The molecule has 0 saturated heterocycles. The molecular weight excluding hydrogens is 242 g/mol. The molecule has 0 radical (unpaired) electrons. The molecule has 4 heteroatoms. The molecule has 0 amide bonds. The predicted octanol–water partition coefficient (Wildman–Crippen LogP) is 2.48. The summed E-state index contributed by atoms with van der Waals surface area (Å²) in [5.74, 6) is -0.159. The molecule has 102 valence electrons. The predicted molar refractivity (Wildman–Crippen MR) is 72.7 cm³/mol. The van der Waals surface area contributed by atoms with E-state index in [0.29, 0.717) is 12.8 Å². The Morgan fingerprint density at radius 2 is 2.00 bits per heavy atom. The number of carbonyl (C=O) groups excluding carboxylic acids is 1. The zero-order valence-corrected chi connectivity index (χ0v) is 11.1. The molecule has 1 saturated carbocycles. The lowest BCUT2D eigenvalue weighted by Gasteiger charge is -2.38. The number of ketones is 1. The van der Waals surface area contributed by atoms with Gasteiger partial charge in [0.2, 0.25) is 0 Å². The number of nitrogens with zero attached hydrogens (tertiary/aromatic N) is 1. The van der Waals surface area contributed by atoms with E-state index in [-0.39, 0.29) is 18.1 Å². The zero-order valence-electron chi connectivity index (χ0n) is 11.1. The van der Waals surface area contributed by atoms with E-state index in [1.807, 2.05) is 30.3 Å². The maximum absolute atomic E-state index is 11.6. The SMILES string of the molecule is C[C@]1(N=O)[C@H](CCc2ccccc2)CC(=O)C[C@@H]1O. The van der Waals surface area contributed by atoms with Crippen LogP contribution >= 0.6 is 0 Å². The Kier molecular flexibility index (Phi) is 4.10. The zero-order chi connectivity index (χ0) is 13.9. The standard InChI is InChI=1S/C15H19NO3/c1-15(16-19)12(9-13(17)10-14(15)18)8-7-11-5-3-2-4-6-11/h2-6,12,14,18H,7-10H2,1H3/t12-,14+,15+/m1/s1. The summed E-state index contributed by atoms with van der Waals surface area (Å²) in [5.41, 5.74) is 0.131. The number of aliphatic hydroxyl groups excluding tert-OH is 1. The van der Waals surface area contributed by atoms with E-state index in [9.17, 15) is 14.8 Å². The first kappa shape index (κ1) is 13.9. The molecule has 0 bridgehead atoms. The molecular formula is C15H19NO3. The van der Waals surface area contributed by atoms with Crippen LogP contribution in [0.2, 0.25) is 0 Å². The van der Waals surface area contributed by atoms with Crippen molar-refractivity contribution < 1.29 is 9.90 Å². The smallest absolute Gasteiger partial charge is 0.135 e. The Morgan fingerprint density at radius 1 is 1.32 bits per heavy atom. The van der Waals surface area contributed by atoms with Gasteiger partial charge in [0, 0.05) is 12.8 Å². The van der Waals surface area contributed by atoms with Crippen LogP contribution in [0.15, 0.2) is 35.5 Å². The highest BCUT2D eigenvalue weighted by Gasteiger charge is 2.47. The molecule has 1 aliphatic carbocycles. The minimum Gasteiger partial charge on any atom is -0.390 e. The molecule has 2 rings (SSSR count). The Morgan fingerprint density at radius 3 is 2.63 bits per heavy atom. The van der Waals surface area contributed by atoms with E-state index < -0.39 is 11.6 Å². The second-order valence-electron chi connectivity index (χ2n) is 5.50. The summed E-state index contributed by atoms with van der Waals surface area (Å²) in [6.45, 7) is 1.66. The van der Waals surface area contributed by atoms with Crippen molar-refractivity contribution in [2.45, 2.75) is 44.2 Å². The van der Waals surface area contributed by atoms with Crippen LogP contribution in [0.25, 0.3) is 0 Å². The van der Waals surface area contributed by atoms with Crippen LogP contribution in [0.4, 0.5) is 0 Å². The van der Waals surface area contributed by atoms with Crippen molar-refractivity contribution in [1.29, 1.82) is 0 Å². The first-order valence-electron chi connectivity index (χ1n) is 6.64. The van der Waals surface area contributed by atoms with Gasteiger partial charge in [-0.1, -0.05) is 35.5 Å². The minimum atomic E-state index is -1.04. The molecule has 0 unspecified atom stereocenters. The Bertz CT molecular complexity index is 460. The summed E-state index contributed by atoms with van der Waals surface area (Å²) in [4.78, 5) is 22.7. The minimum absolute atomic E-state index is 0.0201. The van der Waals surface area contributed by atoms with Gasteiger partial charge in [0.05, 0.1) is 6.10 Å². The van der Waals surface area contributed by atoms with Gasteiger partial charge < -0.3 is 5.11 Å². The van der Waals surface area contributed by atoms with Gasteiger partial charge in [-0.05, 0) is 31.2 Å². The Balaban J connectivity index is 2.08. The number of nitroso groups, excluding NO2 is 1. The van der Waals surface area contributed by atoms with Gasteiger partial charge in [-0.25, -0.2) is 0 Å². The molecule has 1 aliphatic rings. The summed E-state index contributed by atoms with van der Waals surface area (Å²) in [7, 11) is 0. The van der Waals surface area contributed by atoms with Crippen LogP contribution < -0.4 is 0 Å². The van der Waals surface area contributed by atoms with Crippen molar-refractivity contribution in [2.24, 2.45) is 11.1 Å². The van der Waals surface area contributed by atoms with Crippen LogP contribution in [0.5, 0.6) is 0 Å². The van der Waals surface area contributed by atoms with Crippen LogP contribution in [0.3, 0.4) is 0 Å². The van der Waals surface area contributed by atoms with Gasteiger partial charge in [-0.2, -0.15) is 4.91 Å². The highest BCUT2D eigenvalue weighted by molar-refractivity contribution is 5.80. The number of hydrogen-bond acceptors (Lipinski definition) is 4. The summed E-state index contributed by atoms with van der Waals surface area (Å²) >= 11 is 0. The molecule has 0 spiro atoms. The monoisotopic (exact) mass is 261 g/mol. The van der Waals surface area contributed by atoms with E-state index in [0.717, 1.165) is 6.42 Å². The number of rotatable bonds is 4. The fourth-order valence-corrected chi connectivity index (χ4v) is 2.77. The third kappa shape index (κ3) is 2.89. The average molecular weight is 261 g/mol. The lowest BCUT2D eigenvalue weighted by atomic mass is 9.70. The summed E-state index contributed by atoms with van der Waals surface area (Å²) in [5, 5.41) is 13.1. The van der Waals surface area contributed by atoms with E-state index in [1.165, 1.54) is 5.56 Å². The Hall–Kier alpha value is -1.55. The van der Waals surface area contributed by atoms with Crippen molar-refractivity contribution in [1.82, 2.24) is 0 Å². The van der Waals surface area contributed by atoms with Gasteiger partial charge in [-0.3, -0.25) is 4.79 Å². The van der Waals surface area contributed by atoms with Gasteiger partial charge in [0.15, 0.2) is 0 Å².